The van der Waals surface area contributed by atoms with Crippen LogP contribution in [0.5, 0.6) is 0 Å². The molecule has 0 bridgehead atoms. The molecule has 420 valence electrons. The molecule has 23 heteroatoms. The van der Waals surface area contributed by atoms with Crippen molar-refractivity contribution in [3.05, 3.63) is 108 Å². The van der Waals surface area contributed by atoms with Gasteiger partial charge in [-0.2, -0.15) is 11.8 Å². The highest BCUT2D eigenvalue weighted by molar-refractivity contribution is 8.00. The van der Waals surface area contributed by atoms with E-state index in [9.17, 15) is 38.4 Å². The lowest BCUT2D eigenvalue weighted by Gasteiger charge is -2.27. The molecule has 3 aliphatic heterocycles. The molecular weight excluding hydrogens is 1030 g/mol. The Balaban J connectivity index is 0.979. The average Bonchev–Trinajstić information content (AvgIpc) is 4.35. The van der Waals surface area contributed by atoms with Gasteiger partial charge in [-0.05, 0) is 74.4 Å². The number of primary amides is 1. The second-order valence-electron chi connectivity index (χ2n) is 20.5. The number of carbonyl (C=O) groups is 8. The molecule has 2 fully saturated rings. The number of aromatic amines is 2. The fourth-order valence-electron chi connectivity index (χ4n) is 10.3. The van der Waals surface area contributed by atoms with E-state index in [0.29, 0.717) is 61.4 Å². The van der Waals surface area contributed by atoms with Crippen molar-refractivity contribution in [2.45, 2.75) is 131 Å². The summed E-state index contributed by atoms with van der Waals surface area (Å²) >= 11 is 1.80. The number of fused-ring (bicyclic) bond motifs is 3. The number of urea groups is 1. The van der Waals surface area contributed by atoms with Crippen molar-refractivity contribution < 1.29 is 38.4 Å². The summed E-state index contributed by atoms with van der Waals surface area (Å²) in [7, 11) is 0. The number of thioether (sulfide) groups is 1. The van der Waals surface area contributed by atoms with E-state index in [1.165, 1.54) is 6.92 Å². The first-order valence-electron chi connectivity index (χ1n) is 27.1. The Morgan fingerprint density at radius 2 is 1.22 bits per heavy atom. The third kappa shape index (κ3) is 15.7. The third-order valence-electron chi connectivity index (χ3n) is 14.7. The number of para-hydroxylation sites is 2. The summed E-state index contributed by atoms with van der Waals surface area (Å²) in [6.07, 6.45) is 7.23. The van der Waals surface area contributed by atoms with Gasteiger partial charge in [-0.3, -0.25) is 43.9 Å². The molecule has 0 spiro atoms. The molecule has 79 heavy (non-hydrogen) atoms. The van der Waals surface area contributed by atoms with Crippen LogP contribution in [-0.4, -0.2) is 142 Å². The van der Waals surface area contributed by atoms with Crippen molar-refractivity contribution >= 4 is 86.7 Å². The number of carbonyl (C=O) groups excluding carboxylic acids is 8. The summed E-state index contributed by atoms with van der Waals surface area (Å²) in [4.78, 5) is 121. The summed E-state index contributed by atoms with van der Waals surface area (Å²) < 4.78 is 0. The van der Waals surface area contributed by atoms with E-state index in [1.807, 2.05) is 54.6 Å². The number of aromatic nitrogens is 2. The summed E-state index contributed by atoms with van der Waals surface area (Å²) in [6, 6.07) is 16.8. The first-order chi connectivity index (χ1) is 38.2. The van der Waals surface area contributed by atoms with Crippen molar-refractivity contribution in [2.24, 2.45) is 16.5 Å². The van der Waals surface area contributed by atoms with Gasteiger partial charge in [0.05, 0.1) is 18.8 Å². The number of nitrogens with zero attached hydrogens (tertiary/aromatic N) is 1. The number of hydrogen-bond acceptors (Lipinski definition) is 12. The Kier molecular flexibility index (Phi) is 20.1. The van der Waals surface area contributed by atoms with Gasteiger partial charge in [0.25, 0.3) is 0 Å². The van der Waals surface area contributed by atoms with E-state index in [4.69, 9.17) is 11.5 Å². The van der Waals surface area contributed by atoms with E-state index in [2.05, 4.69) is 62.8 Å². The molecular formula is C56H72N14O8S. The minimum absolute atomic E-state index is 0.00378. The number of hydrogen-bond donors (Lipinski definition) is 13. The topological polar surface area (TPSA) is 341 Å². The van der Waals surface area contributed by atoms with Gasteiger partial charge in [-0.15, -0.1) is 0 Å². The number of rotatable bonds is 29. The zero-order valence-electron chi connectivity index (χ0n) is 44.2. The summed E-state index contributed by atoms with van der Waals surface area (Å²) in [6.45, 7) is 2.63. The number of nitrogens with two attached hydrogens (primary N) is 2. The van der Waals surface area contributed by atoms with E-state index in [1.54, 1.807) is 48.4 Å². The van der Waals surface area contributed by atoms with Gasteiger partial charge >= 0.3 is 6.03 Å². The fourth-order valence-corrected chi connectivity index (χ4v) is 11.9. The highest BCUT2D eigenvalue weighted by Crippen LogP contribution is 2.33. The highest BCUT2D eigenvalue weighted by Gasteiger charge is 2.42. The summed E-state index contributed by atoms with van der Waals surface area (Å²) in [5.41, 5.74) is 15.8. The molecule has 3 aliphatic rings. The van der Waals surface area contributed by atoms with Gasteiger partial charge in [0, 0.05) is 89.6 Å². The first-order valence-corrected chi connectivity index (χ1v) is 28.1. The molecule has 0 saturated carbocycles. The Morgan fingerprint density at radius 3 is 1.82 bits per heavy atom. The number of nitrogens with one attached hydrogen (secondary N) is 11. The minimum Gasteiger partial charge on any atom is -0.368 e. The molecule has 9 unspecified atom stereocenters. The first kappa shape index (κ1) is 57.4. The van der Waals surface area contributed by atoms with Crippen LogP contribution in [0.25, 0.3) is 21.8 Å². The van der Waals surface area contributed by atoms with Gasteiger partial charge < -0.3 is 64.0 Å². The van der Waals surface area contributed by atoms with Gasteiger partial charge in [-0.1, -0.05) is 73.2 Å². The van der Waals surface area contributed by atoms with Crippen molar-refractivity contribution in [1.82, 2.24) is 57.8 Å². The average molecular weight is 1100 g/mol. The van der Waals surface area contributed by atoms with Gasteiger partial charge in [0.15, 0.2) is 0 Å². The molecule has 22 nitrogen and oxygen atoms in total. The van der Waals surface area contributed by atoms with Crippen LogP contribution in [0, 0.1) is 0 Å². The Bertz CT molecular complexity index is 3000. The lowest BCUT2D eigenvalue weighted by Crippen LogP contribution is -2.60. The van der Waals surface area contributed by atoms with E-state index in [-0.39, 0.29) is 67.8 Å². The van der Waals surface area contributed by atoms with Gasteiger partial charge in [-0.25, -0.2) is 4.79 Å². The maximum atomic E-state index is 14.7. The van der Waals surface area contributed by atoms with E-state index >= 15 is 0 Å². The van der Waals surface area contributed by atoms with Crippen molar-refractivity contribution in [1.29, 1.82) is 0 Å². The van der Waals surface area contributed by atoms with E-state index < -0.39 is 71.7 Å². The van der Waals surface area contributed by atoms with Crippen LogP contribution in [0.1, 0.15) is 75.0 Å². The van der Waals surface area contributed by atoms with E-state index in [0.717, 1.165) is 40.4 Å². The summed E-state index contributed by atoms with van der Waals surface area (Å²) in [5.74, 6) is -3.69. The van der Waals surface area contributed by atoms with Crippen LogP contribution < -0.4 is 59.3 Å². The molecule has 9 amide bonds. The number of aliphatic imine (C=N–C) groups is 1. The van der Waals surface area contributed by atoms with Crippen molar-refractivity contribution in [3.8, 4) is 0 Å². The largest absolute Gasteiger partial charge is 0.368 e. The lowest BCUT2D eigenvalue weighted by atomic mass is 10.0. The van der Waals surface area contributed by atoms with Gasteiger partial charge in [0.2, 0.25) is 41.4 Å². The van der Waals surface area contributed by atoms with Crippen LogP contribution in [-0.2, 0) is 52.8 Å². The molecule has 15 N–H and O–H groups in total. The Hall–Kier alpha value is -7.76. The van der Waals surface area contributed by atoms with Crippen molar-refractivity contribution in [2.75, 3.05) is 25.5 Å². The molecule has 0 radical (unpaired) electrons. The number of H-pyrrole nitrogens is 2. The SMILES string of the molecule is CC(NC(=O)C(Cc1c[nH]c2ccccc12)NC(=O)C(CC1=NCNC1)NC(=O)CCCCC1SCC2NC(=O)NC21)C(=O)NC(Cc1c[nH]c2ccccc12)C(=O)NC(Cc1ccccc1)C(=O)NC(CCCCN)C(N)=O. The maximum Gasteiger partial charge on any atom is 0.315 e. The molecule has 3 aromatic carbocycles. The third-order valence-corrected chi connectivity index (χ3v) is 16.2. The molecule has 9 atom stereocenters. The zero-order valence-corrected chi connectivity index (χ0v) is 45.1. The highest BCUT2D eigenvalue weighted by atomic mass is 32.2. The molecule has 5 heterocycles. The molecule has 8 rings (SSSR count). The smallest absolute Gasteiger partial charge is 0.315 e. The lowest BCUT2D eigenvalue weighted by molar-refractivity contribution is -0.135. The normalized spacial score (nSPS) is 18.9. The summed E-state index contributed by atoms with van der Waals surface area (Å²) in [5, 5.41) is 27.9. The maximum absolute atomic E-state index is 14.7. The minimum atomic E-state index is -1.30. The monoisotopic (exact) mass is 1100 g/mol. The van der Waals surface area contributed by atoms with Crippen molar-refractivity contribution in [3.63, 3.8) is 0 Å². The van der Waals surface area contributed by atoms with Gasteiger partial charge in [0.1, 0.15) is 36.3 Å². The Labute approximate surface area is 462 Å². The van der Waals surface area contributed by atoms with Crippen LogP contribution >= 0.6 is 11.8 Å². The molecule has 5 aromatic rings. The number of amides is 9. The predicted molar refractivity (Wildman–Crippen MR) is 302 cm³/mol. The molecule has 0 aliphatic carbocycles. The van der Waals surface area contributed by atoms with Crippen LogP contribution in [0.4, 0.5) is 4.79 Å². The fraction of sp³-hybridized carbons (Fsp3) is 0.446. The quantitative estimate of drug-likeness (QED) is 0.0239. The standard InChI is InChI=1S/C56H72N14O8S/c1-32(51(73)66-44(25-35-28-61-40-18-8-6-16-38(35)40)54(76)67-42(23-33-13-3-2-4-14-33)53(75)65-41(50(58)72)19-11-12-22-57)63-52(74)43(24-34-27-60-39-17-7-5-15-37(34)39)68-55(77)45(26-36-29-59-31-62-36)64-48(71)21-10-9-20-47-49-46(30-79-47)69-56(78)70-49/h2-8,13-18,27-28,32,41-47,49,59-61H,9-12,19-26,29-31,57H2,1H3,(H2,58,72)(H,63,74)(H,64,71)(H,65,75)(H,66,73)(H,67,76)(H,68,77)(H2,69,70,78). The van der Waals surface area contributed by atoms with Crippen LogP contribution in [0.2, 0.25) is 0 Å². The number of unbranched alkanes of at least 4 members (excludes halogenated alkanes) is 2. The predicted octanol–water partition coefficient (Wildman–Crippen LogP) is 1.34. The van der Waals surface area contributed by atoms with Crippen LogP contribution in [0.15, 0.2) is 96.2 Å². The zero-order chi connectivity index (χ0) is 55.8. The second kappa shape index (κ2) is 27.7. The molecule has 2 saturated heterocycles. The number of benzene rings is 3. The second-order valence-corrected chi connectivity index (χ2v) is 21.8. The van der Waals surface area contributed by atoms with Crippen LogP contribution in [0.3, 0.4) is 0 Å². The molecule has 2 aromatic heterocycles. The Morgan fingerprint density at radius 1 is 0.646 bits per heavy atom.